The number of furan rings is 1. The Balaban J connectivity index is 1.93. The van der Waals surface area contributed by atoms with Crippen molar-refractivity contribution in [3.63, 3.8) is 0 Å². The number of aryl methyl sites for hydroxylation is 1. The number of likely N-dealkylation sites (tertiary alicyclic amines) is 1. The molecule has 1 amide bonds. The van der Waals surface area contributed by atoms with Crippen LogP contribution in [0, 0.1) is 6.92 Å². The highest BCUT2D eigenvalue weighted by Crippen LogP contribution is 2.43. The van der Waals surface area contributed by atoms with Crippen LogP contribution in [-0.4, -0.2) is 33.8 Å². The van der Waals surface area contributed by atoms with E-state index < -0.39 is 17.7 Å². The summed E-state index contributed by atoms with van der Waals surface area (Å²) in [5.74, 6) is -1.20. The summed E-state index contributed by atoms with van der Waals surface area (Å²) < 4.78 is 10.7. The molecule has 1 aliphatic rings. The highest BCUT2D eigenvalue weighted by atomic mass is 35.5. The van der Waals surface area contributed by atoms with Gasteiger partial charge in [0.15, 0.2) is 0 Å². The van der Waals surface area contributed by atoms with Crippen molar-refractivity contribution in [2.24, 2.45) is 0 Å². The Morgan fingerprint density at radius 1 is 1.29 bits per heavy atom. The lowest BCUT2D eigenvalue weighted by Crippen LogP contribution is -2.29. The van der Waals surface area contributed by atoms with E-state index >= 15 is 0 Å². The van der Waals surface area contributed by atoms with Crippen LogP contribution >= 0.6 is 11.6 Å². The highest BCUT2D eigenvalue weighted by Gasteiger charge is 2.46. The lowest BCUT2D eigenvalue weighted by atomic mass is 9.95. The van der Waals surface area contributed by atoms with Gasteiger partial charge in [0, 0.05) is 12.4 Å². The van der Waals surface area contributed by atoms with Gasteiger partial charge in [-0.1, -0.05) is 17.7 Å². The first-order valence-electron chi connectivity index (χ1n) is 9.47. The van der Waals surface area contributed by atoms with Crippen molar-refractivity contribution in [1.29, 1.82) is 0 Å². The molecule has 158 valence electrons. The van der Waals surface area contributed by atoms with E-state index in [1.165, 1.54) is 18.3 Å². The number of amides is 1. The fourth-order valence-corrected chi connectivity index (χ4v) is 4.11. The molecule has 2 aromatic heterocycles. The van der Waals surface area contributed by atoms with Gasteiger partial charge in [-0.25, -0.2) is 0 Å². The standard InChI is InChI=1S/C23H19ClN2O5/c1-13-9-16(22(30-2)17(24)10-13)20(27)18-19(14-5-3-7-25-11-14)26(23(29)21(18)28)12-15-6-4-8-31-15/h3-11,19,27H,12H2,1-2H3/b20-18+. The van der Waals surface area contributed by atoms with Crippen molar-refractivity contribution < 1.29 is 23.8 Å². The van der Waals surface area contributed by atoms with E-state index in [-0.39, 0.29) is 34.2 Å². The molecule has 1 fully saturated rings. The normalized spacial score (nSPS) is 17.9. The van der Waals surface area contributed by atoms with Crippen molar-refractivity contribution >= 4 is 29.1 Å². The summed E-state index contributed by atoms with van der Waals surface area (Å²) in [6, 6.07) is 9.33. The molecular formula is C23H19ClN2O5. The number of ether oxygens (including phenoxy) is 1. The van der Waals surface area contributed by atoms with Crippen LogP contribution in [-0.2, 0) is 16.1 Å². The zero-order valence-corrected chi connectivity index (χ0v) is 17.6. The molecule has 0 radical (unpaired) electrons. The summed E-state index contributed by atoms with van der Waals surface area (Å²) in [6.45, 7) is 1.86. The number of carbonyl (C=O) groups excluding carboxylic acids is 2. The molecule has 1 unspecified atom stereocenters. The largest absolute Gasteiger partial charge is 0.507 e. The number of rotatable bonds is 5. The molecule has 0 bridgehead atoms. The Morgan fingerprint density at radius 2 is 2.10 bits per heavy atom. The molecule has 1 aromatic carbocycles. The second-order valence-electron chi connectivity index (χ2n) is 7.12. The summed E-state index contributed by atoms with van der Waals surface area (Å²) in [6.07, 6.45) is 4.63. The molecule has 0 saturated carbocycles. The molecule has 3 aromatic rings. The fourth-order valence-electron chi connectivity index (χ4n) is 3.76. The number of aliphatic hydroxyl groups is 1. The topological polar surface area (TPSA) is 92.9 Å². The van der Waals surface area contributed by atoms with Crippen molar-refractivity contribution in [2.75, 3.05) is 7.11 Å². The molecule has 1 N–H and O–H groups in total. The molecule has 0 aliphatic carbocycles. The van der Waals surface area contributed by atoms with Gasteiger partial charge in [0.2, 0.25) is 0 Å². The first-order valence-corrected chi connectivity index (χ1v) is 9.85. The number of pyridine rings is 1. The van der Waals surface area contributed by atoms with E-state index in [4.69, 9.17) is 20.8 Å². The SMILES string of the molecule is COc1c(Cl)cc(C)cc1/C(O)=C1\C(=O)C(=O)N(Cc2ccco2)C1c1cccnc1. The van der Waals surface area contributed by atoms with E-state index in [9.17, 15) is 14.7 Å². The van der Waals surface area contributed by atoms with Crippen LogP contribution < -0.4 is 4.74 Å². The molecule has 1 atom stereocenters. The van der Waals surface area contributed by atoms with Gasteiger partial charge in [-0.3, -0.25) is 14.6 Å². The van der Waals surface area contributed by atoms with Gasteiger partial charge in [0.1, 0.15) is 17.3 Å². The number of aromatic nitrogens is 1. The molecule has 4 rings (SSSR count). The van der Waals surface area contributed by atoms with Crippen LogP contribution in [0.3, 0.4) is 0 Å². The summed E-state index contributed by atoms with van der Waals surface area (Å²) >= 11 is 6.28. The number of methoxy groups -OCH3 is 1. The van der Waals surface area contributed by atoms with Gasteiger partial charge in [0.05, 0.1) is 42.1 Å². The van der Waals surface area contributed by atoms with Crippen molar-refractivity contribution in [3.8, 4) is 5.75 Å². The van der Waals surface area contributed by atoms with E-state index in [0.717, 1.165) is 5.56 Å². The molecule has 3 heterocycles. The molecule has 31 heavy (non-hydrogen) atoms. The summed E-state index contributed by atoms with van der Waals surface area (Å²) in [4.78, 5) is 31.5. The van der Waals surface area contributed by atoms with Gasteiger partial charge in [-0.2, -0.15) is 0 Å². The maximum Gasteiger partial charge on any atom is 0.296 e. The Labute approximate surface area is 183 Å². The zero-order chi connectivity index (χ0) is 22.1. The summed E-state index contributed by atoms with van der Waals surface area (Å²) in [5, 5.41) is 11.5. The number of ketones is 1. The molecule has 0 spiro atoms. The molecule has 8 heteroatoms. The number of aliphatic hydroxyl groups excluding tert-OH is 1. The van der Waals surface area contributed by atoms with Crippen LogP contribution in [0.25, 0.3) is 5.76 Å². The molecule has 7 nitrogen and oxygen atoms in total. The smallest absolute Gasteiger partial charge is 0.296 e. The third kappa shape index (κ3) is 3.68. The minimum absolute atomic E-state index is 0.0552. The minimum atomic E-state index is -0.859. The van der Waals surface area contributed by atoms with Crippen molar-refractivity contribution in [3.05, 3.63) is 88.1 Å². The van der Waals surface area contributed by atoms with Gasteiger partial charge in [0.25, 0.3) is 11.7 Å². The fraction of sp³-hybridized carbons (Fsp3) is 0.174. The Bertz CT molecular complexity index is 1170. The van der Waals surface area contributed by atoms with Crippen LogP contribution in [0.1, 0.15) is 28.5 Å². The third-order valence-corrected chi connectivity index (χ3v) is 5.37. The van der Waals surface area contributed by atoms with Gasteiger partial charge < -0.3 is 19.2 Å². The van der Waals surface area contributed by atoms with E-state index in [0.29, 0.717) is 11.3 Å². The summed E-state index contributed by atoms with van der Waals surface area (Å²) in [5.41, 5.74) is 1.50. The van der Waals surface area contributed by atoms with E-state index in [1.807, 2.05) is 0 Å². The summed E-state index contributed by atoms with van der Waals surface area (Å²) in [7, 11) is 1.42. The predicted molar refractivity (Wildman–Crippen MR) is 114 cm³/mol. The Kier molecular flexibility index (Phi) is 5.52. The average Bonchev–Trinajstić information content (AvgIpc) is 3.36. The van der Waals surface area contributed by atoms with Gasteiger partial charge in [-0.05, 0) is 48.4 Å². The highest BCUT2D eigenvalue weighted by molar-refractivity contribution is 6.46. The molecule has 1 aliphatic heterocycles. The van der Waals surface area contributed by atoms with E-state index in [1.54, 1.807) is 55.7 Å². The Hall–Kier alpha value is -3.58. The number of carbonyl (C=O) groups is 2. The van der Waals surface area contributed by atoms with Crippen LogP contribution in [0.4, 0.5) is 0 Å². The van der Waals surface area contributed by atoms with Gasteiger partial charge in [-0.15, -0.1) is 0 Å². The number of Topliss-reactive ketones (excluding diaryl/α,β-unsaturated/α-hetero) is 1. The average molecular weight is 439 g/mol. The second-order valence-corrected chi connectivity index (χ2v) is 7.53. The van der Waals surface area contributed by atoms with Crippen LogP contribution in [0.5, 0.6) is 5.75 Å². The van der Waals surface area contributed by atoms with E-state index in [2.05, 4.69) is 4.98 Å². The lowest BCUT2D eigenvalue weighted by molar-refractivity contribution is -0.140. The predicted octanol–water partition coefficient (Wildman–Crippen LogP) is 4.27. The first-order chi connectivity index (χ1) is 14.9. The number of hydrogen-bond acceptors (Lipinski definition) is 6. The van der Waals surface area contributed by atoms with Gasteiger partial charge >= 0.3 is 0 Å². The lowest BCUT2D eigenvalue weighted by Gasteiger charge is -2.24. The van der Waals surface area contributed by atoms with Crippen molar-refractivity contribution in [2.45, 2.75) is 19.5 Å². The maximum absolute atomic E-state index is 13.1. The zero-order valence-electron chi connectivity index (χ0n) is 16.8. The molecular weight excluding hydrogens is 420 g/mol. The Morgan fingerprint density at radius 3 is 2.74 bits per heavy atom. The minimum Gasteiger partial charge on any atom is -0.507 e. The third-order valence-electron chi connectivity index (χ3n) is 5.09. The monoisotopic (exact) mass is 438 g/mol. The van der Waals surface area contributed by atoms with Crippen LogP contribution in [0.2, 0.25) is 5.02 Å². The number of nitrogens with zero attached hydrogens (tertiary/aromatic N) is 2. The molecule has 1 saturated heterocycles. The van der Waals surface area contributed by atoms with Crippen LogP contribution in [0.15, 0.2) is 65.0 Å². The number of hydrogen-bond donors (Lipinski definition) is 1. The second kappa shape index (κ2) is 8.28. The quantitative estimate of drug-likeness (QED) is 0.363. The van der Waals surface area contributed by atoms with Crippen molar-refractivity contribution in [1.82, 2.24) is 9.88 Å². The first kappa shape index (κ1) is 20.7. The number of halogens is 1. The number of benzene rings is 1. The maximum atomic E-state index is 13.1.